The predicted molar refractivity (Wildman–Crippen MR) is 67.1 cm³/mol. The van der Waals surface area contributed by atoms with Gasteiger partial charge in [-0.2, -0.15) is 0 Å². The third-order valence-electron chi connectivity index (χ3n) is 4.23. The van der Waals surface area contributed by atoms with Gasteiger partial charge in [-0.15, -0.1) is 0 Å². The molecule has 0 aromatic carbocycles. The van der Waals surface area contributed by atoms with Gasteiger partial charge in [0.05, 0.1) is 12.6 Å². The third-order valence-corrected chi connectivity index (χ3v) is 4.23. The van der Waals surface area contributed by atoms with Gasteiger partial charge < -0.3 is 15.3 Å². The lowest BCUT2D eigenvalue weighted by molar-refractivity contribution is -0.0452. The number of nitrogens with zero attached hydrogens (tertiary/aromatic N) is 1. The summed E-state index contributed by atoms with van der Waals surface area (Å²) in [5, 5.41) is 12.0. The van der Waals surface area contributed by atoms with E-state index in [-0.39, 0.29) is 37.4 Å². The average Bonchev–Trinajstić information content (AvgIpc) is 2.85. The number of nitrogens with one attached hydrogen (secondary N) is 1. The highest BCUT2D eigenvalue weighted by Gasteiger charge is 2.35. The Hall–Kier alpha value is -0.910. The van der Waals surface area contributed by atoms with Gasteiger partial charge in [0.25, 0.3) is 0 Å². The molecule has 0 bridgehead atoms. The zero-order valence-corrected chi connectivity index (χ0v) is 11.1. The molecule has 1 aliphatic carbocycles. The summed E-state index contributed by atoms with van der Waals surface area (Å²) in [6, 6.07) is -0.260. The fourth-order valence-electron chi connectivity index (χ4n) is 2.93. The number of carbonyl (C=O) groups excluding carboxylic acids is 1. The minimum atomic E-state index is -2.52. The van der Waals surface area contributed by atoms with Crippen LogP contribution in [0.2, 0.25) is 0 Å². The summed E-state index contributed by atoms with van der Waals surface area (Å²) in [7, 11) is 0. The number of hydrogen-bond acceptors (Lipinski definition) is 2. The van der Waals surface area contributed by atoms with Crippen molar-refractivity contribution in [1.29, 1.82) is 0 Å². The standard InChI is InChI=1S/C13H22F2N2O2/c14-13(15)5-3-10(4-6-13)8-16-12(19)17-7-1-2-11(17)9-18/h10-11,18H,1-9H2,(H,16,19)/t11-/m0/s1. The number of likely N-dealkylation sites (tertiary alicyclic amines) is 1. The molecule has 2 fully saturated rings. The molecule has 0 radical (unpaired) electrons. The molecule has 4 nitrogen and oxygen atoms in total. The summed E-state index contributed by atoms with van der Waals surface area (Å²) in [4.78, 5) is 13.6. The number of amides is 2. The molecule has 110 valence electrons. The summed E-state index contributed by atoms with van der Waals surface area (Å²) >= 11 is 0. The highest BCUT2D eigenvalue weighted by atomic mass is 19.3. The quantitative estimate of drug-likeness (QED) is 0.828. The van der Waals surface area contributed by atoms with Crippen LogP contribution < -0.4 is 5.32 Å². The molecule has 2 amide bonds. The van der Waals surface area contributed by atoms with Crippen LogP contribution in [0.5, 0.6) is 0 Å². The number of aliphatic hydroxyl groups excluding tert-OH is 1. The van der Waals surface area contributed by atoms with Gasteiger partial charge in [-0.05, 0) is 31.6 Å². The number of alkyl halides is 2. The van der Waals surface area contributed by atoms with Crippen molar-refractivity contribution in [3.63, 3.8) is 0 Å². The Morgan fingerprint density at radius 2 is 2.00 bits per heavy atom. The van der Waals surface area contributed by atoms with E-state index >= 15 is 0 Å². The fourth-order valence-corrected chi connectivity index (χ4v) is 2.93. The SMILES string of the molecule is O=C(NCC1CCC(F)(F)CC1)N1CCC[C@H]1CO. The number of rotatable bonds is 3. The minimum Gasteiger partial charge on any atom is -0.394 e. The summed E-state index contributed by atoms with van der Waals surface area (Å²) in [5.74, 6) is -2.36. The largest absolute Gasteiger partial charge is 0.394 e. The van der Waals surface area contributed by atoms with Crippen molar-refractivity contribution in [2.75, 3.05) is 19.7 Å². The molecule has 0 aromatic heterocycles. The molecule has 1 atom stereocenters. The summed E-state index contributed by atoms with van der Waals surface area (Å²) in [6.45, 7) is 1.12. The van der Waals surface area contributed by atoms with Gasteiger partial charge in [-0.25, -0.2) is 13.6 Å². The minimum absolute atomic E-state index is 0.0108. The molecule has 2 N–H and O–H groups in total. The number of halogens is 2. The molecule has 0 aromatic rings. The Bertz CT molecular complexity index is 316. The predicted octanol–water partition coefficient (Wildman–Crippen LogP) is 1.98. The molecule has 1 saturated carbocycles. The van der Waals surface area contributed by atoms with Crippen LogP contribution in [0.1, 0.15) is 38.5 Å². The van der Waals surface area contributed by atoms with Crippen LogP contribution in [-0.4, -0.2) is 47.7 Å². The first-order chi connectivity index (χ1) is 9.02. The van der Waals surface area contributed by atoms with Gasteiger partial charge in [0, 0.05) is 25.9 Å². The zero-order valence-electron chi connectivity index (χ0n) is 11.1. The van der Waals surface area contributed by atoms with Gasteiger partial charge in [0.15, 0.2) is 0 Å². The second kappa shape index (κ2) is 6.03. The molecule has 1 heterocycles. The van der Waals surface area contributed by atoms with E-state index in [4.69, 9.17) is 5.11 Å². The van der Waals surface area contributed by atoms with Crippen LogP contribution >= 0.6 is 0 Å². The molecule has 2 rings (SSSR count). The van der Waals surface area contributed by atoms with Crippen molar-refractivity contribution in [2.24, 2.45) is 5.92 Å². The van der Waals surface area contributed by atoms with Gasteiger partial charge in [0.1, 0.15) is 0 Å². The van der Waals surface area contributed by atoms with E-state index in [2.05, 4.69) is 5.32 Å². The monoisotopic (exact) mass is 276 g/mol. The number of aliphatic hydroxyl groups is 1. The molecule has 0 spiro atoms. The lowest BCUT2D eigenvalue weighted by atomic mass is 9.87. The molecule has 1 saturated heterocycles. The van der Waals surface area contributed by atoms with E-state index in [1.807, 2.05) is 0 Å². The van der Waals surface area contributed by atoms with Crippen LogP contribution in [0.25, 0.3) is 0 Å². The van der Waals surface area contributed by atoms with E-state index in [9.17, 15) is 13.6 Å². The van der Waals surface area contributed by atoms with Gasteiger partial charge >= 0.3 is 6.03 Å². The number of carbonyl (C=O) groups is 1. The first kappa shape index (κ1) is 14.5. The Labute approximate surface area is 112 Å². The van der Waals surface area contributed by atoms with E-state index < -0.39 is 5.92 Å². The molecule has 0 unspecified atom stereocenters. The number of hydrogen-bond donors (Lipinski definition) is 2. The van der Waals surface area contributed by atoms with Crippen molar-refractivity contribution in [1.82, 2.24) is 10.2 Å². The first-order valence-corrected chi connectivity index (χ1v) is 7.05. The van der Waals surface area contributed by atoms with Crippen molar-refractivity contribution >= 4 is 6.03 Å². The summed E-state index contributed by atoms with van der Waals surface area (Å²) in [6.07, 6.45) is 2.54. The Kier molecular flexibility index (Phi) is 4.60. The summed E-state index contributed by atoms with van der Waals surface area (Å²) < 4.78 is 26.0. The maximum Gasteiger partial charge on any atom is 0.317 e. The Morgan fingerprint density at radius 3 is 2.63 bits per heavy atom. The maximum absolute atomic E-state index is 13.0. The van der Waals surface area contributed by atoms with Crippen LogP contribution in [0.3, 0.4) is 0 Å². The fraction of sp³-hybridized carbons (Fsp3) is 0.923. The van der Waals surface area contributed by atoms with Crippen LogP contribution in [0.15, 0.2) is 0 Å². The van der Waals surface area contributed by atoms with Crippen molar-refractivity contribution in [3.8, 4) is 0 Å². The van der Waals surface area contributed by atoms with Crippen molar-refractivity contribution in [2.45, 2.75) is 50.5 Å². The highest BCUT2D eigenvalue weighted by molar-refractivity contribution is 5.74. The molecular formula is C13H22F2N2O2. The first-order valence-electron chi connectivity index (χ1n) is 7.05. The van der Waals surface area contributed by atoms with Crippen molar-refractivity contribution in [3.05, 3.63) is 0 Å². The lowest BCUT2D eigenvalue weighted by Crippen LogP contribution is -2.46. The van der Waals surface area contributed by atoms with E-state index in [1.165, 1.54) is 0 Å². The molecular weight excluding hydrogens is 254 g/mol. The van der Waals surface area contributed by atoms with Gasteiger partial charge in [-0.1, -0.05) is 0 Å². The second-order valence-electron chi connectivity index (χ2n) is 5.66. The van der Waals surface area contributed by atoms with Crippen molar-refractivity contribution < 1.29 is 18.7 Å². The third kappa shape index (κ3) is 3.78. The summed E-state index contributed by atoms with van der Waals surface area (Å²) in [5.41, 5.74) is 0. The van der Waals surface area contributed by atoms with Crippen LogP contribution in [0.4, 0.5) is 13.6 Å². The second-order valence-corrected chi connectivity index (χ2v) is 5.66. The average molecular weight is 276 g/mol. The van der Waals surface area contributed by atoms with E-state index in [0.717, 1.165) is 12.8 Å². The topological polar surface area (TPSA) is 52.6 Å². The number of urea groups is 1. The lowest BCUT2D eigenvalue weighted by Gasteiger charge is -2.29. The molecule has 1 aliphatic heterocycles. The Balaban J connectivity index is 1.72. The van der Waals surface area contributed by atoms with Gasteiger partial charge in [-0.3, -0.25) is 0 Å². The molecule has 6 heteroatoms. The maximum atomic E-state index is 13.0. The zero-order chi connectivity index (χ0) is 13.9. The highest BCUT2D eigenvalue weighted by Crippen LogP contribution is 2.35. The van der Waals surface area contributed by atoms with E-state index in [0.29, 0.717) is 25.9 Å². The molecule has 2 aliphatic rings. The normalized spacial score (nSPS) is 27.5. The smallest absolute Gasteiger partial charge is 0.317 e. The van der Waals surface area contributed by atoms with Gasteiger partial charge in [0.2, 0.25) is 5.92 Å². The molecule has 19 heavy (non-hydrogen) atoms. The van der Waals surface area contributed by atoms with Crippen LogP contribution in [0, 0.1) is 5.92 Å². The Morgan fingerprint density at radius 1 is 1.32 bits per heavy atom. The van der Waals surface area contributed by atoms with E-state index in [1.54, 1.807) is 4.90 Å². The van der Waals surface area contributed by atoms with Crippen LogP contribution in [-0.2, 0) is 0 Å².